The highest BCUT2D eigenvalue weighted by molar-refractivity contribution is 9.10. The molecule has 4 heteroatoms. The monoisotopic (exact) mass is 298 g/mol. The second-order valence-corrected chi connectivity index (χ2v) is 5.73. The lowest BCUT2D eigenvalue weighted by Gasteiger charge is -2.35. The Morgan fingerprint density at radius 1 is 1.47 bits per heavy atom. The van der Waals surface area contributed by atoms with E-state index in [4.69, 9.17) is 10.5 Å². The Balaban J connectivity index is 2.10. The molecule has 0 amide bonds. The highest BCUT2D eigenvalue weighted by Crippen LogP contribution is 2.29. The molecule has 1 fully saturated rings. The maximum atomic E-state index is 5.94. The Morgan fingerprint density at radius 2 is 2.18 bits per heavy atom. The van der Waals surface area contributed by atoms with E-state index in [0.717, 1.165) is 29.8 Å². The number of halogens is 1. The van der Waals surface area contributed by atoms with E-state index in [1.165, 1.54) is 0 Å². The van der Waals surface area contributed by atoms with E-state index in [-0.39, 0.29) is 5.54 Å². The first-order chi connectivity index (χ1) is 8.14. The van der Waals surface area contributed by atoms with Crippen molar-refractivity contribution in [3.05, 3.63) is 28.7 Å². The zero-order valence-electron chi connectivity index (χ0n) is 10.1. The summed E-state index contributed by atoms with van der Waals surface area (Å²) in [6, 6.07) is 8.19. The van der Waals surface area contributed by atoms with Gasteiger partial charge in [-0.1, -0.05) is 15.9 Å². The summed E-state index contributed by atoms with van der Waals surface area (Å²) in [6.07, 6.45) is 1.08. The van der Waals surface area contributed by atoms with Gasteiger partial charge in [0.2, 0.25) is 0 Å². The SMILES string of the molecule is CC(CN)(Nc1ccc(Br)cc1)C1CCOC1. The number of nitrogens with two attached hydrogens (primary N) is 1. The summed E-state index contributed by atoms with van der Waals surface area (Å²) >= 11 is 3.44. The first-order valence-electron chi connectivity index (χ1n) is 5.95. The van der Waals surface area contributed by atoms with Crippen molar-refractivity contribution in [1.82, 2.24) is 0 Å². The zero-order chi connectivity index (χ0) is 12.3. The quantitative estimate of drug-likeness (QED) is 0.898. The highest BCUT2D eigenvalue weighted by atomic mass is 79.9. The van der Waals surface area contributed by atoms with Gasteiger partial charge in [0.1, 0.15) is 0 Å². The largest absolute Gasteiger partial charge is 0.381 e. The average Bonchev–Trinajstić information content (AvgIpc) is 2.86. The molecule has 1 aromatic carbocycles. The molecule has 0 aliphatic carbocycles. The highest BCUT2D eigenvalue weighted by Gasteiger charge is 2.35. The van der Waals surface area contributed by atoms with Crippen LogP contribution in [0.4, 0.5) is 5.69 Å². The Hall–Kier alpha value is -0.580. The minimum absolute atomic E-state index is 0.0929. The molecule has 17 heavy (non-hydrogen) atoms. The van der Waals surface area contributed by atoms with E-state index < -0.39 is 0 Å². The smallest absolute Gasteiger partial charge is 0.0518 e. The van der Waals surface area contributed by atoms with Crippen molar-refractivity contribution in [2.75, 3.05) is 25.1 Å². The maximum Gasteiger partial charge on any atom is 0.0518 e. The first-order valence-corrected chi connectivity index (χ1v) is 6.75. The summed E-state index contributed by atoms with van der Waals surface area (Å²) in [4.78, 5) is 0. The fourth-order valence-corrected chi connectivity index (χ4v) is 2.48. The fourth-order valence-electron chi connectivity index (χ4n) is 2.22. The maximum absolute atomic E-state index is 5.94. The molecular weight excluding hydrogens is 280 g/mol. The van der Waals surface area contributed by atoms with Crippen molar-refractivity contribution in [2.45, 2.75) is 18.9 Å². The second kappa shape index (κ2) is 5.38. The van der Waals surface area contributed by atoms with Crippen LogP contribution in [0.1, 0.15) is 13.3 Å². The minimum atomic E-state index is -0.0929. The molecule has 2 unspecified atom stereocenters. The van der Waals surface area contributed by atoms with Crippen LogP contribution >= 0.6 is 15.9 Å². The van der Waals surface area contributed by atoms with Crippen molar-refractivity contribution in [3.63, 3.8) is 0 Å². The van der Waals surface area contributed by atoms with E-state index in [9.17, 15) is 0 Å². The van der Waals surface area contributed by atoms with Crippen LogP contribution in [0.5, 0.6) is 0 Å². The fraction of sp³-hybridized carbons (Fsp3) is 0.538. The van der Waals surface area contributed by atoms with Gasteiger partial charge < -0.3 is 15.8 Å². The van der Waals surface area contributed by atoms with Gasteiger partial charge in [-0.25, -0.2) is 0 Å². The van der Waals surface area contributed by atoms with Gasteiger partial charge in [0.05, 0.1) is 12.1 Å². The molecule has 94 valence electrons. The predicted octanol–water partition coefficient (Wildman–Crippen LogP) is 2.61. The predicted molar refractivity (Wildman–Crippen MR) is 74.2 cm³/mol. The summed E-state index contributed by atoms with van der Waals surface area (Å²) in [5.74, 6) is 0.483. The van der Waals surface area contributed by atoms with Crippen molar-refractivity contribution in [2.24, 2.45) is 11.7 Å². The number of benzene rings is 1. The molecule has 0 saturated carbocycles. The summed E-state index contributed by atoms with van der Waals surface area (Å²) in [5, 5.41) is 3.55. The molecule has 0 bridgehead atoms. The van der Waals surface area contributed by atoms with Gasteiger partial charge in [0.25, 0.3) is 0 Å². The third-order valence-electron chi connectivity index (χ3n) is 3.53. The van der Waals surface area contributed by atoms with Crippen molar-refractivity contribution >= 4 is 21.6 Å². The molecule has 0 radical (unpaired) electrons. The number of ether oxygens (including phenoxy) is 1. The summed E-state index contributed by atoms with van der Waals surface area (Å²) in [6.45, 7) is 4.44. The average molecular weight is 299 g/mol. The van der Waals surface area contributed by atoms with Crippen LogP contribution < -0.4 is 11.1 Å². The van der Waals surface area contributed by atoms with Crippen LogP contribution in [0, 0.1) is 5.92 Å². The number of hydrogen-bond donors (Lipinski definition) is 2. The standard InChI is InChI=1S/C13H19BrN2O/c1-13(9-15,10-6-7-17-8-10)16-12-4-2-11(14)3-5-12/h2-5,10,16H,6-9,15H2,1H3. The molecule has 3 N–H and O–H groups in total. The summed E-state index contributed by atoms with van der Waals surface area (Å²) in [5.41, 5.74) is 6.95. The van der Waals surface area contributed by atoms with Crippen LogP contribution in [0.3, 0.4) is 0 Å². The van der Waals surface area contributed by atoms with Gasteiger partial charge in [0.15, 0.2) is 0 Å². The van der Waals surface area contributed by atoms with E-state index in [1.807, 2.05) is 12.1 Å². The van der Waals surface area contributed by atoms with E-state index >= 15 is 0 Å². The molecule has 1 aromatic rings. The Morgan fingerprint density at radius 3 is 2.71 bits per heavy atom. The number of anilines is 1. The van der Waals surface area contributed by atoms with Crippen LogP contribution in [0.15, 0.2) is 28.7 Å². The number of nitrogens with one attached hydrogen (secondary N) is 1. The number of rotatable bonds is 4. The van der Waals surface area contributed by atoms with Crippen LogP contribution in [0.25, 0.3) is 0 Å². The summed E-state index contributed by atoms with van der Waals surface area (Å²) < 4.78 is 6.54. The number of hydrogen-bond acceptors (Lipinski definition) is 3. The summed E-state index contributed by atoms with van der Waals surface area (Å²) in [7, 11) is 0. The molecule has 0 aromatic heterocycles. The van der Waals surface area contributed by atoms with Gasteiger partial charge in [0, 0.05) is 29.2 Å². The van der Waals surface area contributed by atoms with Gasteiger partial charge in [-0.15, -0.1) is 0 Å². The molecule has 2 atom stereocenters. The lowest BCUT2D eigenvalue weighted by Crippen LogP contribution is -2.49. The zero-order valence-corrected chi connectivity index (χ0v) is 11.7. The van der Waals surface area contributed by atoms with Gasteiger partial charge >= 0.3 is 0 Å². The van der Waals surface area contributed by atoms with E-state index in [2.05, 4.69) is 40.3 Å². The van der Waals surface area contributed by atoms with Crippen molar-refractivity contribution in [3.8, 4) is 0 Å². The van der Waals surface area contributed by atoms with Gasteiger partial charge in [-0.05, 0) is 37.6 Å². The molecule has 1 aliphatic rings. The normalized spacial score (nSPS) is 23.4. The molecule has 1 saturated heterocycles. The van der Waals surface area contributed by atoms with Crippen molar-refractivity contribution in [1.29, 1.82) is 0 Å². The Labute approximate surface area is 111 Å². The van der Waals surface area contributed by atoms with Gasteiger partial charge in [-0.3, -0.25) is 0 Å². The first kappa shape index (κ1) is 12.9. The minimum Gasteiger partial charge on any atom is -0.381 e. The topological polar surface area (TPSA) is 47.3 Å². The third-order valence-corrected chi connectivity index (χ3v) is 4.06. The van der Waals surface area contributed by atoms with Crippen LogP contribution in [0.2, 0.25) is 0 Å². The van der Waals surface area contributed by atoms with E-state index in [0.29, 0.717) is 12.5 Å². The Kier molecular flexibility index (Phi) is 4.07. The van der Waals surface area contributed by atoms with Crippen LogP contribution in [-0.2, 0) is 4.74 Å². The molecule has 1 aliphatic heterocycles. The van der Waals surface area contributed by atoms with Crippen LogP contribution in [-0.4, -0.2) is 25.3 Å². The third kappa shape index (κ3) is 3.00. The van der Waals surface area contributed by atoms with E-state index in [1.54, 1.807) is 0 Å². The second-order valence-electron chi connectivity index (χ2n) is 4.81. The Bertz CT molecular complexity index is 362. The van der Waals surface area contributed by atoms with Crippen molar-refractivity contribution < 1.29 is 4.74 Å². The molecule has 3 nitrogen and oxygen atoms in total. The lowest BCUT2D eigenvalue weighted by atomic mass is 9.84. The molecule has 1 heterocycles. The van der Waals surface area contributed by atoms with Gasteiger partial charge in [-0.2, -0.15) is 0 Å². The lowest BCUT2D eigenvalue weighted by molar-refractivity contribution is 0.172. The molecule has 0 spiro atoms. The molecule has 2 rings (SSSR count). The molecular formula is C13H19BrN2O.